The summed E-state index contributed by atoms with van der Waals surface area (Å²) in [4.78, 5) is 16.4. The minimum Gasteiger partial charge on any atom is -0.341 e. The predicted octanol–water partition coefficient (Wildman–Crippen LogP) is 1.78. The second-order valence-electron chi connectivity index (χ2n) is 7.68. The van der Waals surface area contributed by atoms with Gasteiger partial charge in [-0.3, -0.25) is 9.69 Å². The standard InChI is InChI=1S/C19H28FN3O3S/c1-15(2)7-9-22-10-8-17(19(22)24)21-11-13-23(14-12-21)27(25,26)18-6-4-3-5-16(18)20/h3-6,15,17H,7-14H2,1-2H3. The highest BCUT2D eigenvalue weighted by Crippen LogP contribution is 2.24. The number of piperazine rings is 1. The van der Waals surface area contributed by atoms with Crippen LogP contribution in [-0.4, -0.2) is 73.7 Å². The van der Waals surface area contributed by atoms with Crippen LogP contribution in [0.4, 0.5) is 4.39 Å². The molecule has 0 aliphatic carbocycles. The summed E-state index contributed by atoms with van der Waals surface area (Å²) in [6.45, 7) is 7.36. The van der Waals surface area contributed by atoms with Crippen LogP contribution < -0.4 is 0 Å². The molecule has 0 spiro atoms. The molecule has 8 heteroatoms. The van der Waals surface area contributed by atoms with Crippen LogP contribution in [0.25, 0.3) is 0 Å². The normalized spacial score (nSPS) is 22.7. The number of carbonyl (C=O) groups is 1. The van der Waals surface area contributed by atoms with E-state index in [1.54, 1.807) is 0 Å². The molecule has 2 heterocycles. The zero-order chi connectivity index (χ0) is 19.6. The first-order valence-electron chi connectivity index (χ1n) is 9.58. The quantitative estimate of drug-likeness (QED) is 0.734. The lowest BCUT2D eigenvalue weighted by molar-refractivity contribution is -0.132. The maximum absolute atomic E-state index is 13.9. The third kappa shape index (κ3) is 4.33. The Morgan fingerprint density at radius 3 is 2.41 bits per heavy atom. The molecule has 2 saturated heterocycles. The van der Waals surface area contributed by atoms with Crippen LogP contribution in [0.1, 0.15) is 26.7 Å². The number of hydrogen-bond acceptors (Lipinski definition) is 4. The highest BCUT2D eigenvalue weighted by molar-refractivity contribution is 7.89. The Morgan fingerprint density at radius 1 is 1.11 bits per heavy atom. The Balaban J connectivity index is 1.59. The van der Waals surface area contributed by atoms with Gasteiger partial charge in [0.1, 0.15) is 10.7 Å². The van der Waals surface area contributed by atoms with Gasteiger partial charge in [0.25, 0.3) is 0 Å². The van der Waals surface area contributed by atoms with Gasteiger partial charge in [-0.15, -0.1) is 0 Å². The van der Waals surface area contributed by atoms with E-state index in [-0.39, 0.29) is 29.9 Å². The van der Waals surface area contributed by atoms with Crippen molar-refractivity contribution in [3.63, 3.8) is 0 Å². The van der Waals surface area contributed by atoms with E-state index >= 15 is 0 Å². The van der Waals surface area contributed by atoms with Crippen molar-refractivity contribution >= 4 is 15.9 Å². The third-order valence-electron chi connectivity index (χ3n) is 5.41. The second kappa shape index (κ2) is 8.24. The van der Waals surface area contributed by atoms with E-state index in [1.165, 1.54) is 22.5 Å². The number of hydrogen-bond donors (Lipinski definition) is 0. The highest BCUT2D eigenvalue weighted by Gasteiger charge is 2.39. The Hall–Kier alpha value is -1.51. The van der Waals surface area contributed by atoms with Gasteiger partial charge in [0, 0.05) is 39.3 Å². The Morgan fingerprint density at radius 2 is 1.78 bits per heavy atom. The molecule has 27 heavy (non-hydrogen) atoms. The van der Waals surface area contributed by atoms with Crippen molar-refractivity contribution < 1.29 is 17.6 Å². The number of halogens is 1. The van der Waals surface area contributed by atoms with E-state index in [1.807, 2.05) is 4.90 Å². The maximum atomic E-state index is 13.9. The number of sulfonamides is 1. The largest absolute Gasteiger partial charge is 0.341 e. The van der Waals surface area contributed by atoms with Crippen LogP contribution >= 0.6 is 0 Å². The minimum atomic E-state index is -3.85. The number of carbonyl (C=O) groups excluding carboxylic acids is 1. The molecular formula is C19H28FN3O3S. The summed E-state index contributed by atoms with van der Waals surface area (Å²) in [6, 6.07) is 5.30. The Bertz CT molecular complexity index is 776. The van der Waals surface area contributed by atoms with Gasteiger partial charge in [-0.1, -0.05) is 26.0 Å². The van der Waals surface area contributed by atoms with Gasteiger partial charge in [0.2, 0.25) is 15.9 Å². The third-order valence-corrected chi connectivity index (χ3v) is 7.35. The van der Waals surface area contributed by atoms with Crippen molar-refractivity contribution in [1.82, 2.24) is 14.1 Å². The molecule has 0 saturated carbocycles. The summed E-state index contributed by atoms with van der Waals surface area (Å²) in [5.74, 6) is -0.0169. The van der Waals surface area contributed by atoms with Crippen molar-refractivity contribution in [2.75, 3.05) is 39.3 Å². The molecular weight excluding hydrogens is 369 g/mol. The van der Waals surface area contributed by atoms with Crippen LogP contribution in [-0.2, 0) is 14.8 Å². The molecule has 0 aromatic heterocycles. The molecule has 2 aliphatic heterocycles. The molecule has 1 atom stereocenters. The number of amides is 1. The lowest BCUT2D eigenvalue weighted by Crippen LogP contribution is -2.53. The lowest BCUT2D eigenvalue weighted by Gasteiger charge is -2.36. The first kappa shape index (κ1) is 20.2. The lowest BCUT2D eigenvalue weighted by atomic mass is 10.1. The van der Waals surface area contributed by atoms with Gasteiger partial charge < -0.3 is 4.90 Å². The summed E-state index contributed by atoms with van der Waals surface area (Å²) in [7, 11) is -3.85. The Labute approximate surface area is 161 Å². The van der Waals surface area contributed by atoms with Crippen LogP contribution in [0.3, 0.4) is 0 Å². The van der Waals surface area contributed by atoms with Gasteiger partial charge in [-0.25, -0.2) is 12.8 Å². The fraction of sp³-hybridized carbons (Fsp3) is 0.632. The number of rotatable bonds is 6. The zero-order valence-corrected chi connectivity index (χ0v) is 16.8. The molecule has 1 amide bonds. The fourth-order valence-electron chi connectivity index (χ4n) is 3.75. The minimum absolute atomic E-state index is 0.154. The van der Waals surface area contributed by atoms with Crippen molar-refractivity contribution in [2.24, 2.45) is 5.92 Å². The average Bonchev–Trinajstić information content (AvgIpc) is 3.01. The molecule has 150 valence electrons. The van der Waals surface area contributed by atoms with Crippen LogP contribution in [0.2, 0.25) is 0 Å². The summed E-state index contributed by atoms with van der Waals surface area (Å²) in [5, 5.41) is 0. The van der Waals surface area contributed by atoms with Crippen LogP contribution in [0.15, 0.2) is 29.2 Å². The second-order valence-corrected chi connectivity index (χ2v) is 9.59. The maximum Gasteiger partial charge on any atom is 0.246 e. The molecule has 0 bridgehead atoms. The number of likely N-dealkylation sites (tertiary alicyclic amines) is 1. The van der Waals surface area contributed by atoms with Crippen molar-refractivity contribution in [1.29, 1.82) is 0 Å². The van der Waals surface area contributed by atoms with Crippen LogP contribution in [0, 0.1) is 11.7 Å². The van der Waals surface area contributed by atoms with Gasteiger partial charge in [-0.2, -0.15) is 4.31 Å². The van der Waals surface area contributed by atoms with E-state index in [4.69, 9.17) is 0 Å². The Kier molecular flexibility index (Phi) is 6.18. The van der Waals surface area contributed by atoms with Gasteiger partial charge >= 0.3 is 0 Å². The average molecular weight is 398 g/mol. The molecule has 2 aliphatic rings. The van der Waals surface area contributed by atoms with Crippen molar-refractivity contribution in [3.8, 4) is 0 Å². The van der Waals surface area contributed by atoms with E-state index in [9.17, 15) is 17.6 Å². The van der Waals surface area contributed by atoms with E-state index < -0.39 is 15.8 Å². The molecule has 0 N–H and O–H groups in total. The first-order valence-corrected chi connectivity index (χ1v) is 11.0. The SMILES string of the molecule is CC(C)CCN1CCC(N2CCN(S(=O)(=O)c3ccccc3F)CC2)C1=O. The fourth-order valence-corrected chi connectivity index (χ4v) is 5.23. The summed E-state index contributed by atoms with van der Waals surface area (Å²) in [6.07, 6.45) is 1.78. The van der Waals surface area contributed by atoms with Crippen molar-refractivity contribution in [3.05, 3.63) is 30.1 Å². The molecule has 6 nitrogen and oxygen atoms in total. The summed E-state index contributed by atoms with van der Waals surface area (Å²) < 4.78 is 40.6. The van der Waals surface area contributed by atoms with E-state index in [0.717, 1.165) is 32.0 Å². The van der Waals surface area contributed by atoms with Gasteiger partial charge in [0.15, 0.2) is 0 Å². The molecule has 0 radical (unpaired) electrons. The summed E-state index contributed by atoms with van der Waals surface area (Å²) in [5.41, 5.74) is 0. The monoisotopic (exact) mass is 397 g/mol. The van der Waals surface area contributed by atoms with E-state index in [2.05, 4.69) is 18.7 Å². The molecule has 1 aromatic rings. The first-order chi connectivity index (χ1) is 12.8. The smallest absolute Gasteiger partial charge is 0.246 e. The van der Waals surface area contributed by atoms with Gasteiger partial charge in [0.05, 0.1) is 6.04 Å². The molecule has 1 aromatic carbocycles. The van der Waals surface area contributed by atoms with Crippen molar-refractivity contribution in [2.45, 2.75) is 37.6 Å². The molecule has 3 rings (SSSR count). The summed E-state index contributed by atoms with van der Waals surface area (Å²) >= 11 is 0. The highest BCUT2D eigenvalue weighted by atomic mass is 32.2. The van der Waals surface area contributed by atoms with E-state index in [0.29, 0.717) is 19.0 Å². The topological polar surface area (TPSA) is 60.9 Å². The van der Waals surface area contributed by atoms with Gasteiger partial charge in [-0.05, 0) is 30.9 Å². The predicted molar refractivity (Wildman–Crippen MR) is 101 cm³/mol. The number of nitrogens with zero attached hydrogens (tertiary/aromatic N) is 3. The number of benzene rings is 1. The van der Waals surface area contributed by atoms with Crippen LogP contribution in [0.5, 0.6) is 0 Å². The molecule has 1 unspecified atom stereocenters. The molecule has 2 fully saturated rings. The zero-order valence-electron chi connectivity index (χ0n) is 16.0.